The summed E-state index contributed by atoms with van der Waals surface area (Å²) in [4.78, 5) is 17.0. The van der Waals surface area contributed by atoms with Gasteiger partial charge >= 0.3 is 0 Å². The van der Waals surface area contributed by atoms with Crippen molar-refractivity contribution >= 4 is 21.7 Å². The van der Waals surface area contributed by atoms with E-state index in [0.717, 1.165) is 37.4 Å². The van der Waals surface area contributed by atoms with Crippen molar-refractivity contribution in [3.05, 3.63) is 17.3 Å². The van der Waals surface area contributed by atoms with Gasteiger partial charge in [0.25, 0.3) is 0 Å². The smallest absolute Gasteiger partial charge is 0.225 e. The van der Waals surface area contributed by atoms with Crippen molar-refractivity contribution in [2.45, 2.75) is 38.5 Å². The summed E-state index contributed by atoms with van der Waals surface area (Å²) in [7, 11) is -3.16. The fourth-order valence-electron chi connectivity index (χ4n) is 4.48. The lowest BCUT2D eigenvalue weighted by Crippen LogP contribution is -2.52. The fraction of sp³-hybridized carbons (Fsp3) is 0.737. The molecule has 0 saturated carbocycles. The zero-order chi connectivity index (χ0) is 19.7. The number of carbonyl (C=O) groups is 1. The highest BCUT2D eigenvalue weighted by Crippen LogP contribution is 2.25. The van der Waals surface area contributed by atoms with Gasteiger partial charge in [0.05, 0.1) is 11.9 Å². The monoisotopic (exact) mass is 407 g/mol. The summed E-state index contributed by atoms with van der Waals surface area (Å²) in [5.41, 5.74) is 2.47. The molecule has 4 rings (SSSR count). The first-order chi connectivity index (χ1) is 13.4. The van der Waals surface area contributed by atoms with Crippen molar-refractivity contribution in [2.24, 2.45) is 5.92 Å². The third-order valence-corrected chi connectivity index (χ3v) is 7.55. The van der Waals surface area contributed by atoms with E-state index >= 15 is 0 Å². The lowest BCUT2D eigenvalue weighted by atomic mass is 9.96. The van der Waals surface area contributed by atoms with E-state index in [4.69, 9.17) is 0 Å². The molecule has 2 saturated heterocycles. The van der Waals surface area contributed by atoms with Gasteiger partial charge in [0, 0.05) is 45.2 Å². The van der Waals surface area contributed by atoms with E-state index < -0.39 is 10.0 Å². The Balaban J connectivity index is 1.31. The molecule has 2 fully saturated rings. The second-order valence-corrected chi connectivity index (χ2v) is 10.1. The number of fused-ring (bicyclic) bond motifs is 1. The molecule has 1 aliphatic carbocycles. The van der Waals surface area contributed by atoms with Crippen molar-refractivity contribution in [3.8, 4) is 0 Å². The number of amides is 1. The molecule has 0 spiro atoms. The predicted octanol–water partition coefficient (Wildman–Crippen LogP) is 0.676. The molecule has 9 heteroatoms. The number of nitrogens with zero attached hydrogens (tertiary/aromatic N) is 5. The molecule has 0 N–H and O–H groups in total. The molecule has 3 heterocycles. The maximum Gasteiger partial charge on any atom is 0.225 e. The molecular weight excluding hydrogens is 378 g/mol. The van der Waals surface area contributed by atoms with Crippen LogP contribution in [0, 0.1) is 5.92 Å². The van der Waals surface area contributed by atoms with E-state index in [9.17, 15) is 13.2 Å². The average molecular weight is 408 g/mol. The van der Waals surface area contributed by atoms with Crippen LogP contribution in [0.2, 0.25) is 0 Å². The molecule has 154 valence electrons. The zero-order valence-corrected chi connectivity index (χ0v) is 17.3. The Kier molecular flexibility index (Phi) is 5.55. The van der Waals surface area contributed by atoms with Crippen LogP contribution in [0.4, 0.5) is 5.82 Å². The third kappa shape index (κ3) is 4.15. The van der Waals surface area contributed by atoms with Gasteiger partial charge in [0.2, 0.25) is 15.9 Å². The summed E-state index contributed by atoms with van der Waals surface area (Å²) in [6.07, 6.45) is 7.00. The molecule has 0 aromatic carbocycles. The molecule has 0 bridgehead atoms. The van der Waals surface area contributed by atoms with Crippen molar-refractivity contribution < 1.29 is 13.2 Å². The number of rotatable bonds is 3. The summed E-state index contributed by atoms with van der Waals surface area (Å²) >= 11 is 0. The molecule has 3 aliphatic rings. The van der Waals surface area contributed by atoms with Gasteiger partial charge in [-0.25, -0.2) is 12.7 Å². The van der Waals surface area contributed by atoms with Crippen LogP contribution in [-0.4, -0.2) is 79.3 Å². The Morgan fingerprint density at radius 1 is 1.00 bits per heavy atom. The van der Waals surface area contributed by atoms with E-state index in [1.54, 1.807) is 0 Å². The topological polar surface area (TPSA) is 86.7 Å². The number of aryl methyl sites for hydroxylation is 2. The highest BCUT2D eigenvalue weighted by atomic mass is 32.2. The lowest BCUT2D eigenvalue weighted by Gasteiger charge is -2.38. The van der Waals surface area contributed by atoms with Gasteiger partial charge in [0.1, 0.15) is 0 Å². The second kappa shape index (κ2) is 7.94. The molecule has 2 aliphatic heterocycles. The first-order valence-corrected chi connectivity index (χ1v) is 12.1. The van der Waals surface area contributed by atoms with E-state index in [1.807, 2.05) is 4.90 Å². The van der Waals surface area contributed by atoms with Crippen LogP contribution >= 0.6 is 0 Å². The molecule has 8 nitrogen and oxygen atoms in total. The minimum absolute atomic E-state index is 0.0620. The molecule has 1 aromatic heterocycles. The van der Waals surface area contributed by atoms with Crippen LogP contribution in [0.15, 0.2) is 6.07 Å². The normalized spacial score (nSPS) is 22.2. The van der Waals surface area contributed by atoms with E-state index in [-0.39, 0.29) is 11.8 Å². The van der Waals surface area contributed by atoms with Crippen molar-refractivity contribution in [1.29, 1.82) is 0 Å². The Morgan fingerprint density at radius 2 is 1.68 bits per heavy atom. The van der Waals surface area contributed by atoms with Crippen LogP contribution in [0.3, 0.4) is 0 Å². The number of hydrogen-bond acceptors (Lipinski definition) is 6. The van der Waals surface area contributed by atoms with E-state index in [0.29, 0.717) is 39.0 Å². The van der Waals surface area contributed by atoms with E-state index in [2.05, 4.69) is 21.2 Å². The molecule has 0 atom stereocenters. The number of hydrogen-bond donors (Lipinski definition) is 0. The summed E-state index contributed by atoms with van der Waals surface area (Å²) in [5, 5.41) is 8.84. The molecule has 28 heavy (non-hydrogen) atoms. The Hall–Kier alpha value is -1.74. The first-order valence-electron chi connectivity index (χ1n) is 10.3. The summed E-state index contributed by atoms with van der Waals surface area (Å²) < 4.78 is 24.8. The largest absolute Gasteiger partial charge is 0.352 e. The standard InChI is InChI=1S/C19H29N5O3S/c1-28(26,27)24-8-6-15(7-9-24)19(25)23-12-10-22(11-13-23)18-14-16-4-2-3-5-17(16)20-21-18/h14-15H,2-13H2,1H3. The third-order valence-electron chi connectivity index (χ3n) is 6.24. The van der Waals surface area contributed by atoms with Crippen molar-refractivity contribution in [3.63, 3.8) is 0 Å². The highest BCUT2D eigenvalue weighted by molar-refractivity contribution is 7.88. The molecule has 1 aromatic rings. The van der Waals surface area contributed by atoms with Crippen LogP contribution in [0.25, 0.3) is 0 Å². The maximum absolute atomic E-state index is 12.9. The van der Waals surface area contributed by atoms with Crippen LogP contribution in [0.5, 0.6) is 0 Å². The van der Waals surface area contributed by atoms with Gasteiger partial charge in [-0.15, -0.1) is 5.10 Å². The quantitative estimate of drug-likeness (QED) is 0.732. The maximum atomic E-state index is 12.9. The highest BCUT2D eigenvalue weighted by Gasteiger charge is 2.33. The number of aromatic nitrogens is 2. The van der Waals surface area contributed by atoms with Crippen LogP contribution < -0.4 is 4.90 Å². The van der Waals surface area contributed by atoms with Crippen LogP contribution in [0.1, 0.15) is 36.9 Å². The minimum Gasteiger partial charge on any atom is -0.352 e. The lowest BCUT2D eigenvalue weighted by molar-refractivity contribution is -0.137. The molecule has 0 radical (unpaired) electrons. The summed E-state index contributed by atoms with van der Waals surface area (Å²) in [6.45, 7) is 3.79. The zero-order valence-electron chi connectivity index (χ0n) is 16.5. The minimum atomic E-state index is -3.16. The summed E-state index contributed by atoms with van der Waals surface area (Å²) in [6, 6.07) is 2.18. The molecule has 0 unspecified atom stereocenters. The fourth-order valence-corrected chi connectivity index (χ4v) is 5.36. The average Bonchev–Trinajstić information content (AvgIpc) is 2.72. The number of sulfonamides is 1. The van der Waals surface area contributed by atoms with Gasteiger partial charge in [-0.3, -0.25) is 4.79 Å². The van der Waals surface area contributed by atoms with Gasteiger partial charge in [-0.05, 0) is 50.2 Å². The molecular formula is C19H29N5O3S. The van der Waals surface area contributed by atoms with E-state index in [1.165, 1.54) is 29.0 Å². The SMILES string of the molecule is CS(=O)(=O)N1CCC(C(=O)N2CCN(c3cc4c(nn3)CCCC4)CC2)CC1. The number of carbonyl (C=O) groups excluding carboxylic acids is 1. The second-order valence-electron chi connectivity index (χ2n) is 8.13. The number of piperazine rings is 1. The van der Waals surface area contributed by atoms with Gasteiger partial charge < -0.3 is 9.80 Å². The van der Waals surface area contributed by atoms with Gasteiger partial charge in [0.15, 0.2) is 5.82 Å². The Bertz CT molecular complexity index is 828. The first kappa shape index (κ1) is 19.6. The predicted molar refractivity (Wildman–Crippen MR) is 107 cm³/mol. The molecule has 1 amide bonds. The van der Waals surface area contributed by atoms with Crippen molar-refractivity contribution in [1.82, 2.24) is 19.4 Å². The summed E-state index contributed by atoms with van der Waals surface area (Å²) in [5.74, 6) is 1.03. The Morgan fingerprint density at radius 3 is 2.36 bits per heavy atom. The van der Waals surface area contributed by atoms with Gasteiger partial charge in [-0.2, -0.15) is 5.10 Å². The number of piperidine rings is 1. The van der Waals surface area contributed by atoms with Crippen molar-refractivity contribution in [2.75, 3.05) is 50.4 Å². The number of anilines is 1. The Labute approximate surface area is 166 Å². The van der Waals surface area contributed by atoms with Gasteiger partial charge in [-0.1, -0.05) is 0 Å². The van der Waals surface area contributed by atoms with Crippen LogP contribution in [-0.2, 0) is 27.7 Å².